The van der Waals surface area contributed by atoms with Gasteiger partial charge in [0.05, 0.1) is 20.3 Å². The number of ether oxygens (including phenoxy) is 2. The molecule has 5 heteroatoms. The van der Waals surface area contributed by atoms with Gasteiger partial charge >= 0.3 is 0 Å². The Morgan fingerprint density at radius 3 is 2.22 bits per heavy atom. The molecule has 0 radical (unpaired) electrons. The molecule has 2 aliphatic carbocycles. The van der Waals surface area contributed by atoms with Gasteiger partial charge in [0, 0.05) is 22.1 Å². The maximum atomic E-state index is 13.2. The van der Waals surface area contributed by atoms with Gasteiger partial charge in [0.2, 0.25) is 5.78 Å². The summed E-state index contributed by atoms with van der Waals surface area (Å²) in [6.07, 6.45) is 0.369. The van der Waals surface area contributed by atoms with E-state index in [2.05, 4.69) is 0 Å². The smallest absolute Gasteiger partial charge is 0.227 e. The van der Waals surface area contributed by atoms with Gasteiger partial charge in [-0.2, -0.15) is 0 Å². The van der Waals surface area contributed by atoms with Crippen molar-refractivity contribution in [1.29, 1.82) is 0 Å². The molecular weight excluding hydrogens is 344 g/mol. The maximum absolute atomic E-state index is 13.2. The van der Waals surface area contributed by atoms with Crippen molar-refractivity contribution < 1.29 is 24.5 Å². The number of carbonyl (C=O) groups excluding carboxylic acids is 1. The van der Waals surface area contributed by atoms with E-state index in [1.807, 2.05) is 40.7 Å². The van der Waals surface area contributed by atoms with Crippen LogP contribution in [0.15, 0.2) is 17.4 Å². The van der Waals surface area contributed by atoms with Crippen molar-refractivity contribution in [3.63, 3.8) is 0 Å². The van der Waals surface area contributed by atoms with Gasteiger partial charge < -0.3 is 19.7 Å². The Bertz CT molecular complexity index is 834. The van der Waals surface area contributed by atoms with Crippen LogP contribution in [0.4, 0.5) is 0 Å². The first-order valence-electron chi connectivity index (χ1n) is 9.46. The third-order valence-electron chi connectivity index (χ3n) is 6.16. The lowest BCUT2D eigenvalue weighted by atomic mass is 9.53. The van der Waals surface area contributed by atoms with Crippen molar-refractivity contribution in [2.45, 2.75) is 64.9 Å². The first kappa shape index (κ1) is 19.7. The highest BCUT2D eigenvalue weighted by Crippen LogP contribution is 2.59. The summed E-state index contributed by atoms with van der Waals surface area (Å²) in [6.45, 7) is 9.94. The van der Waals surface area contributed by atoms with E-state index in [0.29, 0.717) is 41.0 Å². The van der Waals surface area contributed by atoms with Crippen LogP contribution in [0.2, 0.25) is 0 Å². The molecule has 1 saturated carbocycles. The lowest BCUT2D eigenvalue weighted by Gasteiger charge is -2.51. The molecule has 27 heavy (non-hydrogen) atoms. The molecule has 1 aromatic carbocycles. The predicted octanol–water partition coefficient (Wildman–Crippen LogP) is 4.27. The molecule has 0 spiro atoms. The summed E-state index contributed by atoms with van der Waals surface area (Å²) in [5.74, 6) is 0.664. The lowest BCUT2D eigenvalue weighted by Crippen LogP contribution is -2.48. The van der Waals surface area contributed by atoms with Crippen molar-refractivity contribution in [1.82, 2.24) is 0 Å². The number of ketones is 1. The number of fused-ring (bicyclic) bond motifs is 3. The van der Waals surface area contributed by atoms with Gasteiger partial charge in [-0.25, -0.2) is 0 Å². The quantitative estimate of drug-likeness (QED) is 0.826. The van der Waals surface area contributed by atoms with Crippen molar-refractivity contribution in [2.24, 2.45) is 5.41 Å². The van der Waals surface area contributed by atoms with Gasteiger partial charge in [-0.05, 0) is 35.8 Å². The first-order chi connectivity index (χ1) is 12.5. The second-order valence-corrected chi connectivity index (χ2v) is 8.94. The van der Waals surface area contributed by atoms with Gasteiger partial charge in [-0.3, -0.25) is 4.79 Å². The zero-order chi connectivity index (χ0) is 20.3. The number of hydrogen-bond acceptors (Lipinski definition) is 5. The van der Waals surface area contributed by atoms with Crippen LogP contribution in [0.3, 0.4) is 0 Å². The average molecular weight is 374 g/mol. The summed E-state index contributed by atoms with van der Waals surface area (Å²) in [5.41, 5.74) is 1.44. The number of methoxy groups -OCH3 is 2. The van der Waals surface area contributed by atoms with Crippen LogP contribution in [-0.2, 0) is 5.41 Å². The summed E-state index contributed by atoms with van der Waals surface area (Å²) in [7, 11) is 3.16. The number of rotatable bonds is 3. The van der Waals surface area contributed by atoms with E-state index in [9.17, 15) is 15.0 Å². The third-order valence-corrected chi connectivity index (χ3v) is 6.16. The molecule has 0 bridgehead atoms. The van der Waals surface area contributed by atoms with E-state index in [-0.39, 0.29) is 17.5 Å². The maximum Gasteiger partial charge on any atom is 0.227 e. The fraction of sp³-hybridized carbons (Fsp3) is 0.591. The summed E-state index contributed by atoms with van der Waals surface area (Å²) in [6, 6.07) is 1.82. The minimum absolute atomic E-state index is 0.112. The Morgan fingerprint density at radius 2 is 1.70 bits per heavy atom. The topological polar surface area (TPSA) is 76.0 Å². The van der Waals surface area contributed by atoms with E-state index >= 15 is 0 Å². The monoisotopic (exact) mass is 374 g/mol. The van der Waals surface area contributed by atoms with E-state index in [4.69, 9.17) is 9.47 Å². The summed E-state index contributed by atoms with van der Waals surface area (Å²) >= 11 is 0. The number of aliphatic hydroxyl groups excluding tert-OH is 2. The normalized spacial score (nSPS) is 26.7. The number of benzene rings is 1. The highest BCUT2D eigenvalue weighted by atomic mass is 16.5. The van der Waals surface area contributed by atoms with Crippen molar-refractivity contribution in [2.75, 3.05) is 14.2 Å². The lowest BCUT2D eigenvalue weighted by molar-refractivity contribution is 0.0554. The molecule has 2 N–H and O–H groups in total. The molecule has 0 aliphatic heterocycles. The molecule has 1 fully saturated rings. The molecule has 148 valence electrons. The van der Waals surface area contributed by atoms with E-state index in [1.165, 1.54) is 0 Å². The van der Waals surface area contributed by atoms with Crippen molar-refractivity contribution in [3.05, 3.63) is 34.1 Å². The first-order valence-corrected chi connectivity index (χ1v) is 9.46. The highest BCUT2D eigenvalue weighted by molar-refractivity contribution is 6.11. The molecule has 5 nitrogen and oxygen atoms in total. The summed E-state index contributed by atoms with van der Waals surface area (Å²) in [4.78, 5) is 13.2. The fourth-order valence-electron chi connectivity index (χ4n) is 5.35. The number of Topliss-reactive ketones (excluding diaryl/α,β-unsaturated/α-hetero) is 1. The van der Waals surface area contributed by atoms with E-state index < -0.39 is 16.9 Å². The summed E-state index contributed by atoms with van der Waals surface area (Å²) < 4.78 is 11.4. The van der Waals surface area contributed by atoms with E-state index in [0.717, 1.165) is 5.56 Å². The second kappa shape index (κ2) is 6.26. The number of hydrogen-bond donors (Lipinski definition) is 2. The average Bonchev–Trinajstić information content (AvgIpc) is 2.55. The standard InChI is InChI=1S/C22H30O5/c1-11(2)13-8-14-15(19(27-7)18(13)26-6)22(5)10-12(23)9-21(3,4)20(22)17(25)16(14)24/h8,11-12,23,25H,9-10H2,1-7H3/t12-,22+/m0/s1. The Labute approximate surface area is 161 Å². The minimum Gasteiger partial charge on any atom is -0.504 e. The highest BCUT2D eigenvalue weighted by Gasteiger charge is 2.54. The van der Waals surface area contributed by atoms with Crippen LogP contribution in [0, 0.1) is 5.41 Å². The van der Waals surface area contributed by atoms with E-state index in [1.54, 1.807) is 14.2 Å². The largest absolute Gasteiger partial charge is 0.504 e. The van der Waals surface area contributed by atoms with Crippen LogP contribution < -0.4 is 9.47 Å². The SMILES string of the molecule is COc1c(C(C)C)cc2c(c1OC)[C@@]1(C)C[C@@H](O)CC(C)(C)C1=C(O)C2=O. The third kappa shape index (κ3) is 2.66. The molecule has 0 aromatic heterocycles. The molecule has 0 amide bonds. The van der Waals surface area contributed by atoms with Gasteiger partial charge in [0.1, 0.15) is 0 Å². The Morgan fingerprint density at radius 1 is 1.11 bits per heavy atom. The Balaban J connectivity index is 2.45. The van der Waals surface area contributed by atoms with Gasteiger partial charge in [0.25, 0.3) is 0 Å². The zero-order valence-corrected chi connectivity index (χ0v) is 17.3. The molecule has 1 aromatic rings. The molecule has 2 atom stereocenters. The van der Waals surface area contributed by atoms with Crippen LogP contribution in [0.1, 0.15) is 74.9 Å². The van der Waals surface area contributed by atoms with Gasteiger partial charge in [0.15, 0.2) is 17.3 Å². The van der Waals surface area contributed by atoms with Crippen molar-refractivity contribution in [3.8, 4) is 11.5 Å². The van der Waals surface area contributed by atoms with Gasteiger partial charge in [-0.1, -0.05) is 34.6 Å². The van der Waals surface area contributed by atoms with Crippen LogP contribution in [0.5, 0.6) is 11.5 Å². The van der Waals surface area contributed by atoms with Gasteiger partial charge in [-0.15, -0.1) is 0 Å². The zero-order valence-electron chi connectivity index (χ0n) is 17.3. The molecule has 2 aliphatic rings. The van der Waals surface area contributed by atoms with Crippen LogP contribution in [-0.4, -0.2) is 36.3 Å². The molecule has 3 rings (SSSR count). The Kier molecular flexibility index (Phi) is 4.58. The molecule has 0 unspecified atom stereocenters. The molecule has 0 heterocycles. The predicted molar refractivity (Wildman–Crippen MR) is 104 cm³/mol. The second-order valence-electron chi connectivity index (χ2n) is 8.94. The van der Waals surface area contributed by atoms with Crippen LogP contribution >= 0.6 is 0 Å². The molecular formula is C22H30O5. The van der Waals surface area contributed by atoms with Crippen molar-refractivity contribution >= 4 is 5.78 Å². The minimum atomic E-state index is -0.720. The summed E-state index contributed by atoms with van der Waals surface area (Å²) in [5, 5.41) is 21.5. The van der Waals surface area contributed by atoms with Crippen LogP contribution in [0.25, 0.3) is 0 Å². The Hall–Kier alpha value is -2.01. The molecule has 0 saturated heterocycles. The number of aliphatic hydroxyl groups is 2. The number of allylic oxidation sites excluding steroid dienone is 2. The fourth-order valence-corrected chi connectivity index (χ4v) is 5.35. The number of carbonyl (C=O) groups is 1.